The molecule has 86 valence electrons. The number of rotatable bonds is 8. The van der Waals surface area contributed by atoms with E-state index in [-0.39, 0.29) is 0 Å². The van der Waals surface area contributed by atoms with Gasteiger partial charge >= 0.3 is 0 Å². The third kappa shape index (κ3) is 5.03. The zero-order valence-corrected chi connectivity index (χ0v) is 9.61. The van der Waals surface area contributed by atoms with E-state index < -0.39 is 6.10 Å². The Labute approximate surface area is 92.3 Å². The summed E-state index contributed by atoms with van der Waals surface area (Å²) in [7, 11) is 0. The maximum atomic E-state index is 9.72. The van der Waals surface area contributed by atoms with Crippen molar-refractivity contribution in [1.29, 1.82) is 0 Å². The third-order valence-corrected chi connectivity index (χ3v) is 2.70. The van der Waals surface area contributed by atoms with Crippen LogP contribution in [0.3, 0.4) is 0 Å². The van der Waals surface area contributed by atoms with Crippen LogP contribution in [-0.2, 0) is 0 Å². The molecule has 0 aliphatic rings. The fourth-order valence-corrected chi connectivity index (χ4v) is 1.74. The quantitative estimate of drug-likeness (QED) is 0.656. The normalized spacial score (nSPS) is 12.9. The van der Waals surface area contributed by atoms with Gasteiger partial charge in [-0.25, -0.2) is 0 Å². The van der Waals surface area contributed by atoms with Crippen molar-refractivity contribution in [1.82, 2.24) is 0 Å². The van der Waals surface area contributed by atoms with Crippen LogP contribution in [0.1, 0.15) is 63.7 Å². The molecule has 0 bridgehead atoms. The fraction of sp³-hybridized carbons (Fsp3) is 0.692. The van der Waals surface area contributed by atoms with E-state index in [0.717, 1.165) is 12.8 Å². The van der Waals surface area contributed by atoms with Crippen molar-refractivity contribution in [2.75, 3.05) is 0 Å². The van der Waals surface area contributed by atoms with Crippen molar-refractivity contribution in [2.24, 2.45) is 0 Å². The number of unbranched alkanes of at least 4 members (excludes halogenated alkanes) is 5. The predicted octanol–water partition coefficient (Wildman–Crippen LogP) is 4.06. The highest BCUT2D eigenvalue weighted by atomic mass is 16.4. The van der Waals surface area contributed by atoms with Crippen LogP contribution in [-0.4, -0.2) is 5.11 Å². The van der Waals surface area contributed by atoms with E-state index in [9.17, 15) is 5.11 Å². The van der Waals surface area contributed by atoms with E-state index in [1.54, 1.807) is 6.26 Å². The first kappa shape index (κ1) is 12.3. The van der Waals surface area contributed by atoms with E-state index in [1.807, 2.05) is 12.1 Å². The topological polar surface area (TPSA) is 33.4 Å². The molecule has 1 aromatic rings. The molecule has 0 radical (unpaired) electrons. The monoisotopic (exact) mass is 210 g/mol. The lowest BCUT2D eigenvalue weighted by atomic mass is 10.1. The highest BCUT2D eigenvalue weighted by Crippen LogP contribution is 2.20. The summed E-state index contributed by atoms with van der Waals surface area (Å²) in [5.41, 5.74) is 0. The molecule has 0 saturated carbocycles. The second-order valence-corrected chi connectivity index (χ2v) is 4.09. The van der Waals surface area contributed by atoms with Gasteiger partial charge in [-0.2, -0.15) is 0 Å². The molecule has 0 saturated heterocycles. The van der Waals surface area contributed by atoms with Gasteiger partial charge < -0.3 is 9.52 Å². The summed E-state index contributed by atoms with van der Waals surface area (Å²) in [5.74, 6) is 0.698. The van der Waals surface area contributed by atoms with Crippen LogP contribution in [0, 0.1) is 0 Å². The molecule has 1 heterocycles. The third-order valence-electron chi connectivity index (χ3n) is 2.70. The predicted molar refractivity (Wildman–Crippen MR) is 61.7 cm³/mol. The molecule has 0 unspecified atom stereocenters. The average molecular weight is 210 g/mol. The molecule has 0 aliphatic heterocycles. The second kappa shape index (κ2) is 7.52. The van der Waals surface area contributed by atoms with Crippen molar-refractivity contribution in [3.8, 4) is 0 Å². The minimum atomic E-state index is -0.411. The van der Waals surface area contributed by atoms with Crippen LogP contribution in [0.15, 0.2) is 22.8 Å². The molecule has 1 rings (SSSR count). The van der Waals surface area contributed by atoms with Gasteiger partial charge in [-0.3, -0.25) is 0 Å². The van der Waals surface area contributed by atoms with E-state index in [4.69, 9.17) is 4.42 Å². The number of aliphatic hydroxyl groups excluding tert-OH is 1. The molecule has 1 atom stereocenters. The van der Waals surface area contributed by atoms with E-state index >= 15 is 0 Å². The zero-order valence-electron chi connectivity index (χ0n) is 9.61. The van der Waals surface area contributed by atoms with Gasteiger partial charge in [0.1, 0.15) is 11.9 Å². The molecule has 15 heavy (non-hydrogen) atoms. The molecule has 0 aliphatic carbocycles. The molecule has 0 aromatic carbocycles. The van der Waals surface area contributed by atoms with Crippen molar-refractivity contribution in [3.05, 3.63) is 24.2 Å². The van der Waals surface area contributed by atoms with Crippen LogP contribution in [0.25, 0.3) is 0 Å². The van der Waals surface area contributed by atoms with Gasteiger partial charge in [0.2, 0.25) is 0 Å². The number of furan rings is 1. The van der Waals surface area contributed by atoms with Gasteiger partial charge in [0.15, 0.2) is 0 Å². The standard InChI is InChI=1S/C13H22O2/c1-2-3-4-5-6-7-9-12(14)13-10-8-11-15-13/h8,10-12,14H,2-7,9H2,1H3/t12-/m0/s1. The highest BCUT2D eigenvalue weighted by molar-refractivity contribution is 5.01. The average Bonchev–Trinajstić information content (AvgIpc) is 2.76. The second-order valence-electron chi connectivity index (χ2n) is 4.09. The van der Waals surface area contributed by atoms with Crippen molar-refractivity contribution >= 4 is 0 Å². The minimum Gasteiger partial charge on any atom is -0.467 e. The van der Waals surface area contributed by atoms with Gasteiger partial charge in [-0.05, 0) is 18.6 Å². The largest absolute Gasteiger partial charge is 0.467 e. The molecular formula is C13H22O2. The van der Waals surface area contributed by atoms with Gasteiger partial charge in [-0.15, -0.1) is 0 Å². The van der Waals surface area contributed by atoms with Crippen molar-refractivity contribution in [2.45, 2.75) is 58.0 Å². The first-order valence-electron chi connectivity index (χ1n) is 6.06. The SMILES string of the molecule is CCCCCCCC[C@H](O)c1ccco1. The van der Waals surface area contributed by atoms with E-state index in [1.165, 1.54) is 32.1 Å². The smallest absolute Gasteiger partial charge is 0.132 e. The maximum Gasteiger partial charge on any atom is 0.132 e. The molecule has 2 nitrogen and oxygen atoms in total. The zero-order chi connectivity index (χ0) is 10.9. The Hall–Kier alpha value is -0.760. The summed E-state index contributed by atoms with van der Waals surface area (Å²) >= 11 is 0. The lowest BCUT2D eigenvalue weighted by Gasteiger charge is -2.06. The summed E-state index contributed by atoms with van der Waals surface area (Å²) in [6, 6.07) is 3.65. The van der Waals surface area contributed by atoms with Gasteiger partial charge in [0.25, 0.3) is 0 Å². The lowest BCUT2D eigenvalue weighted by Crippen LogP contribution is -1.95. The van der Waals surface area contributed by atoms with Gasteiger partial charge in [0, 0.05) is 0 Å². The number of hydrogen-bond acceptors (Lipinski definition) is 2. The Kier molecular flexibility index (Phi) is 6.17. The Balaban J connectivity index is 2.00. The van der Waals surface area contributed by atoms with Crippen molar-refractivity contribution < 1.29 is 9.52 Å². The first-order chi connectivity index (χ1) is 7.34. The molecule has 0 amide bonds. The molecular weight excluding hydrogens is 188 g/mol. The van der Waals surface area contributed by atoms with Crippen molar-refractivity contribution in [3.63, 3.8) is 0 Å². The van der Waals surface area contributed by atoms with Gasteiger partial charge in [0.05, 0.1) is 6.26 Å². The van der Waals surface area contributed by atoms with Crippen LogP contribution in [0.4, 0.5) is 0 Å². The summed E-state index contributed by atoms with van der Waals surface area (Å²) in [6.45, 7) is 2.22. The Morgan fingerprint density at radius 3 is 2.60 bits per heavy atom. The number of hydrogen-bond donors (Lipinski definition) is 1. The molecule has 1 aromatic heterocycles. The molecule has 2 heteroatoms. The fourth-order valence-electron chi connectivity index (χ4n) is 1.74. The van der Waals surface area contributed by atoms with Crippen LogP contribution in [0.5, 0.6) is 0 Å². The van der Waals surface area contributed by atoms with E-state index in [0.29, 0.717) is 5.76 Å². The molecule has 0 spiro atoms. The summed E-state index contributed by atoms with van der Waals surface area (Å²) in [4.78, 5) is 0. The molecule has 0 fully saturated rings. The minimum absolute atomic E-state index is 0.411. The van der Waals surface area contributed by atoms with E-state index in [2.05, 4.69) is 6.92 Å². The lowest BCUT2D eigenvalue weighted by molar-refractivity contribution is 0.136. The van der Waals surface area contributed by atoms with Crippen LogP contribution >= 0.6 is 0 Å². The van der Waals surface area contributed by atoms with Gasteiger partial charge in [-0.1, -0.05) is 45.4 Å². The number of aliphatic hydroxyl groups is 1. The van der Waals surface area contributed by atoms with Crippen LogP contribution in [0.2, 0.25) is 0 Å². The summed E-state index contributed by atoms with van der Waals surface area (Å²) < 4.78 is 5.14. The maximum absolute atomic E-state index is 9.72. The Bertz CT molecular complexity index is 229. The summed E-state index contributed by atoms with van der Waals surface area (Å²) in [5, 5.41) is 9.72. The summed E-state index contributed by atoms with van der Waals surface area (Å²) in [6.07, 6.45) is 9.57. The molecule has 1 N–H and O–H groups in total. The van der Waals surface area contributed by atoms with Crippen LogP contribution < -0.4 is 0 Å². The highest BCUT2D eigenvalue weighted by Gasteiger charge is 2.08. The Morgan fingerprint density at radius 1 is 1.20 bits per heavy atom. The first-order valence-corrected chi connectivity index (χ1v) is 6.06. The Morgan fingerprint density at radius 2 is 1.93 bits per heavy atom.